The van der Waals surface area contributed by atoms with Gasteiger partial charge >= 0.3 is 79.2 Å². The van der Waals surface area contributed by atoms with Crippen molar-refractivity contribution in [1.29, 1.82) is 0 Å². The van der Waals surface area contributed by atoms with Gasteiger partial charge in [-0.25, -0.2) is 4.79 Å². The molecule has 0 aliphatic rings. The van der Waals surface area contributed by atoms with Crippen molar-refractivity contribution in [2.75, 3.05) is 7.05 Å². The third-order valence-electron chi connectivity index (χ3n) is 0.603. The number of ether oxygens (including phenoxy) is 1. The van der Waals surface area contributed by atoms with Crippen LogP contribution in [0.5, 0.6) is 0 Å². The van der Waals surface area contributed by atoms with E-state index in [0.717, 1.165) is 0 Å². The van der Waals surface area contributed by atoms with Gasteiger partial charge in [0.25, 0.3) is 0 Å². The maximum Gasteiger partial charge on any atom is 1.00 e. The molecule has 0 unspecified atom stereocenters. The minimum Gasteiger partial charge on any atom is -1.00 e. The number of nitrogens with one attached hydrogen (secondary N) is 1. The Balaban J connectivity index is -0.0000000521. The summed E-state index contributed by atoms with van der Waals surface area (Å²) in [4.78, 5) is 10.5. The average molecular weight is 432 g/mol. The second kappa shape index (κ2) is 15.3. The van der Waals surface area contributed by atoms with E-state index >= 15 is 0 Å². The summed E-state index contributed by atoms with van der Waals surface area (Å²) in [7, 11) is -16.5. The van der Waals surface area contributed by atoms with Crippen LogP contribution in [-0.4, -0.2) is 40.5 Å². The van der Waals surface area contributed by atoms with Crippen molar-refractivity contribution in [1.82, 2.24) is 5.32 Å². The van der Waals surface area contributed by atoms with E-state index in [1.165, 1.54) is 7.05 Å². The van der Waals surface area contributed by atoms with Gasteiger partial charge in [-0.3, -0.25) is 0 Å². The number of hydrogen-bond acceptors (Lipinski definition) is 2. The molecular weight excluding hydrogens is 418 g/mol. The first-order chi connectivity index (χ1) is 9.95. The fourth-order valence-electron chi connectivity index (χ4n) is 0.329. The Morgan fingerprint density at radius 2 is 0.920 bits per heavy atom. The van der Waals surface area contributed by atoms with Crippen LogP contribution < -0.4 is 56.7 Å². The number of carbonyl (C=O) groups excluding carboxylic acids is 1. The summed E-state index contributed by atoms with van der Waals surface area (Å²) in [6.07, 6.45) is -0.387. The SMILES string of the molecule is CNC(=O)OC(C)(C)C.F[B-](F)(F)F.F[B-](F)(F)F.F[B-](F)(F)F.[H-].[K+]. The monoisotopic (exact) mass is 432 g/mol. The van der Waals surface area contributed by atoms with Gasteiger partial charge in [0.2, 0.25) is 0 Å². The molecule has 0 rings (SSSR count). The Bertz CT molecular complexity index is 288. The van der Waals surface area contributed by atoms with Crippen molar-refractivity contribution < 1.29 is 114 Å². The van der Waals surface area contributed by atoms with E-state index in [1.807, 2.05) is 20.8 Å². The second-order valence-corrected chi connectivity index (χ2v) is 4.24. The summed E-state index contributed by atoms with van der Waals surface area (Å²) in [6, 6.07) is 0. The van der Waals surface area contributed by atoms with Gasteiger partial charge in [-0.2, -0.15) is 0 Å². The summed E-state index contributed by atoms with van der Waals surface area (Å²) in [5, 5.41) is 2.36. The van der Waals surface area contributed by atoms with Crippen LogP contribution in [0, 0.1) is 0 Å². The van der Waals surface area contributed by atoms with Gasteiger partial charge < -0.3 is 63.3 Å². The van der Waals surface area contributed by atoms with Crippen LogP contribution in [0.15, 0.2) is 0 Å². The molecule has 0 fully saturated rings. The third-order valence-corrected chi connectivity index (χ3v) is 0.603. The maximum absolute atomic E-state index is 10.5. The minimum absolute atomic E-state index is 0. The third kappa shape index (κ3) is 228. The van der Waals surface area contributed by atoms with Crippen molar-refractivity contribution in [3.63, 3.8) is 0 Å². The number of rotatable bonds is 0. The molecule has 0 spiro atoms. The molecule has 3 nitrogen and oxygen atoms in total. The molecule has 0 aromatic heterocycles. The van der Waals surface area contributed by atoms with Gasteiger partial charge in [-0.1, -0.05) is 0 Å². The van der Waals surface area contributed by atoms with E-state index in [9.17, 15) is 56.6 Å². The molecule has 0 heterocycles. The quantitative estimate of drug-likeness (QED) is 0.472. The predicted octanol–water partition coefficient (Wildman–Crippen LogP) is 2.16. The summed E-state index contributed by atoms with van der Waals surface area (Å²) >= 11 is 0. The summed E-state index contributed by atoms with van der Waals surface area (Å²) < 4.78 is 122. The molecular formula is C6H14B3F12KNO2-3. The van der Waals surface area contributed by atoms with Gasteiger partial charge in [0.1, 0.15) is 5.60 Å². The van der Waals surface area contributed by atoms with E-state index in [1.54, 1.807) is 0 Å². The molecule has 0 aromatic rings. The first-order valence-electron chi connectivity index (χ1n) is 5.48. The van der Waals surface area contributed by atoms with Crippen molar-refractivity contribution in [3.05, 3.63) is 0 Å². The standard InChI is InChI=1S/C6H13NO2.3BF4.K.H/c1-6(2,3)9-5(8)7-4;3*2-1(3,4)5;;/h1-4H3,(H,7,8);;;;;/q;3*-1;+1;-1. The zero-order chi connectivity index (χ0) is 21.0. The van der Waals surface area contributed by atoms with Gasteiger partial charge in [-0.05, 0) is 20.8 Å². The number of alkyl carbamates (subject to hydrolysis) is 1. The fraction of sp³-hybridized carbons (Fsp3) is 0.833. The molecule has 1 amide bonds. The molecule has 0 bridgehead atoms. The Hall–Kier alpha value is 0.261. The van der Waals surface area contributed by atoms with E-state index in [0.29, 0.717) is 0 Å². The van der Waals surface area contributed by atoms with Crippen molar-refractivity contribution in [3.8, 4) is 0 Å². The summed E-state index contributed by atoms with van der Waals surface area (Å²) in [5.74, 6) is 0. The van der Waals surface area contributed by atoms with Crippen LogP contribution in [0.1, 0.15) is 22.2 Å². The number of halogens is 12. The predicted molar refractivity (Wildman–Crippen MR) is 67.0 cm³/mol. The molecule has 0 aromatic carbocycles. The Morgan fingerprint density at radius 1 is 0.760 bits per heavy atom. The van der Waals surface area contributed by atoms with Crippen LogP contribution in [0.4, 0.5) is 56.6 Å². The van der Waals surface area contributed by atoms with E-state index < -0.39 is 21.8 Å². The number of carbonyl (C=O) groups is 1. The topological polar surface area (TPSA) is 38.3 Å². The second-order valence-electron chi connectivity index (χ2n) is 4.24. The first-order valence-corrected chi connectivity index (χ1v) is 5.48. The molecule has 0 aliphatic heterocycles. The average Bonchev–Trinajstić information content (AvgIpc) is 2.05. The van der Waals surface area contributed by atoms with E-state index in [2.05, 4.69) is 5.32 Å². The van der Waals surface area contributed by atoms with Crippen LogP contribution in [0.25, 0.3) is 0 Å². The first kappa shape index (κ1) is 36.2. The molecule has 0 aliphatic carbocycles. The van der Waals surface area contributed by atoms with E-state index in [4.69, 9.17) is 4.74 Å². The maximum atomic E-state index is 10.5. The zero-order valence-electron chi connectivity index (χ0n) is 14.6. The van der Waals surface area contributed by atoms with E-state index in [-0.39, 0.29) is 64.5 Å². The largest absolute Gasteiger partial charge is 1.00 e. The molecule has 1 N–H and O–H groups in total. The summed E-state index contributed by atoms with van der Waals surface area (Å²) in [5.41, 5.74) is -0.389. The molecule has 0 saturated carbocycles. The smallest absolute Gasteiger partial charge is 1.00 e. The van der Waals surface area contributed by atoms with Crippen LogP contribution in [0.2, 0.25) is 0 Å². The van der Waals surface area contributed by atoms with Gasteiger partial charge in [0.15, 0.2) is 0 Å². The van der Waals surface area contributed by atoms with Crippen molar-refractivity contribution >= 4 is 27.9 Å². The number of hydrogen-bond donors (Lipinski definition) is 1. The van der Waals surface area contributed by atoms with Crippen molar-refractivity contribution in [2.24, 2.45) is 0 Å². The molecule has 0 saturated heterocycles. The fourth-order valence-corrected chi connectivity index (χ4v) is 0.329. The van der Waals surface area contributed by atoms with Crippen LogP contribution >= 0.6 is 0 Å². The van der Waals surface area contributed by atoms with Gasteiger partial charge in [-0.15, -0.1) is 0 Å². The molecule has 19 heteroatoms. The molecule has 0 atom stereocenters. The molecule has 152 valence electrons. The normalized spacial score (nSPS) is 11.0. The van der Waals surface area contributed by atoms with Gasteiger partial charge in [0, 0.05) is 7.05 Å². The van der Waals surface area contributed by atoms with Crippen molar-refractivity contribution in [2.45, 2.75) is 26.4 Å². The number of amides is 1. The molecule has 25 heavy (non-hydrogen) atoms. The molecule has 0 radical (unpaired) electrons. The van der Waals surface area contributed by atoms with Gasteiger partial charge in [0.05, 0.1) is 0 Å². The van der Waals surface area contributed by atoms with Crippen LogP contribution in [-0.2, 0) is 4.74 Å². The Kier molecular flexibility index (Phi) is 22.2. The Morgan fingerprint density at radius 3 is 0.960 bits per heavy atom. The Labute approximate surface area is 179 Å². The zero-order valence-corrected chi connectivity index (χ0v) is 16.7. The van der Waals surface area contributed by atoms with Crippen LogP contribution in [0.3, 0.4) is 0 Å². The summed E-state index contributed by atoms with van der Waals surface area (Å²) in [6.45, 7) is 5.46. The minimum atomic E-state index is -6.00.